The molecule has 2 rings (SSSR count). The molecule has 0 fully saturated rings. The number of alkyl carbamates (subject to hydrolysis) is 1. The molecule has 21 heavy (non-hydrogen) atoms. The van der Waals surface area contributed by atoms with Crippen molar-refractivity contribution in [3.8, 4) is 0 Å². The fourth-order valence-electron chi connectivity index (χ4n) is 2.73. The summed E-state index contributed by atoms with van der Waals surface area (Å²) in [5.41, 5.74) is -0.0649. The summed E-state index contributed by atoms with van der Waals surface area (Å²) >= 11 is 0. The Balaban J connectivity index is 2.26. The van der Waals surface area contributed by atoms with Crippen molar-refractivity contribution in [2.75, 3.05) is 0 Å². The molecule has 1 amide bonds. The Hall–Kier alpha value is -2.04. The second-order valence-electron chi connectivity index (χ2n) is 6.57. The number of carbonyl (C=O) groups is 2. The van der Waals surface area contributed by atoms with E-state index in [9.17, 15) is 14.7 Å². The lowest BCUT2D eigenvalue weighted by molar-refractivity contribution is -0.143. The van der Waals surface area contributed by atoms with Crippen molar-refractivity contribution < 1.29 is 19.4 Å². The number of rotatable bonds is 2. The van der Waals surface area contributed by atoms with Crippen LogP contribution in [-0.4, -0.2) is 28.8 Å². The van der Waals surface area contributed by atoms with E-state index in [2.05, 4.69) is 5.32 Å². The van der Waals surface area contributed by atoms with Gasteiger partial charge in [0, 0.05) is 0 Å². The summed E-state index contributed by atoms with van der Waals surface area (Å²) in [5.74, 6) is -0.950. The van der Waals surface area contributed by atoms with Gasteiger partial charge in [-0.25, -0.2) is 4.79 Å². The van der Waals surface area contributed by atoms with Gasteiger partial charge in [0.05, 0.1) is 6.04 Å². The number of amides is 1. The van der Waals surface area contributed by atoms with Gasteiger partial charge in [0.25, 0.3) is 0 Å². The third-order valence-corrected chi connectivity index (χ3v) is 3.83. The van der Waals surface area contributed by atoms with Crippen molar-refractivity contribution in [1.29, 1.82) is 0 Å². The van der Waals surface area contributed by atoms with Crippen LogP contribution in [0.2, 0.25) is 0 Å². The van der Waals surface area contributed by atoms with E-state index in [0.717, 1.165) is 11.1 Å². The molecule has 2 atom stereocenters. The molecule has 2 N–H and O–H groups in total. The minimum atomic E-state index is -1.15. The molecule has 1 aliphatic carbocycles. The van der Waals surface area contributed by atoms with Crippen LogP contribution in [0, 0.1) is 0 Å². The number of benzene rings is 1. The molecule has 0 aliphatic heterocycles. The predicted octanol–water partition coefficient (Wildman–Crippen LogP) is 2.48. The first-order valence-corrected chi connectivity index (χ1v) is 6.96. The largest absolute Gasteiger partial charge is 0.481 e. The van der Waals surface area contributed by atoms with Gasteiger partial charge in [-0.1, -0.05) is 24.3 Å². The summed E-state index contributed by atoms with van der Waals surface area (Å²) in [6.45, 7) is 6.95. The van der Waals surface area contributed by atoms with Crippen LogP contribution in [0.3, 0.4) is 0 Å². The van der Waals surface area contributed by atoms with Crippen molar-refractivity contribution >= 4 is 12.1 Å². The van der Waals surface area contributed by atoms with Crippen LogP contribution in [-0.2, 0) is 21.4 Å². The smallest absolute Gasteiger partial charge is 0.407 e. The van der Waals surface area contributed by atoms with E-state index in [1.807, 2.05) is 18.2 Å². The minimum absolute atomic E-state index is 0.484. The first-order valence-electron chi connectivity index (χ1n) is 6.96. The Morgan fingerprint density at radius 2 is 1.95 bits per heavy atom. The summed E-state index contributed by atoms with van der Waals surface area (Å²) in [6.07, 6.45) is -0.106. The molecule has 0 spiro atoms. The maximum absolute atomic E-state index is 11.9. The minimum Gasteiger partial charge on any atom is -0.481 e. The lowest BCUT2D eigenvalue weighted by atomic mass is 9.81. The first kappa shape index (κ1) is 15.4. The fourth-order valence-corrected chi connectivity index (χ4v) is 2.73. The van der Waals surface area contributed by atoms with Crippen LogP contribution in [0.4, 0.5) is 4.79 Å². The Labute approximate surface area is 124 Å². The van der Waals surface area contributed by atoms with Gasteiger partial charge in [0.2, 0.25) is 0 Å². The average Bonchev–Trinajstić information content (AvgIpc) is 2.62. The molecule has 1 aliphatic rings. The van der Waals surface area contributed by atoms with Crippen molar-refractivity contribution in [2.24, 2.45) is 0 Å². The van der Waals surface area contributed by atoms with E-state index < -0.39 is 29.1 Å². The number of carboxylic acids is 1. The monoisotopic (exact) mass is 291 g/mol. The lowest BCUT2D eigenvalue weighted by Crippen LogP contribution is -2.52. The highest BCUT2D eigenvalue weighted by atomic mass is 16.6. The summed E-state index contributed by atoms with van der Waals surface area (Å²) in [6, 6.07) is 6.86. The second-order valence-corrected chi connectivity index (χ2v) is 6.57. The molecule has 0 aromatic heterocycles. The zero-order valence-corrected chi connectivity index (χ0v) is 12.8. The predicted molar refractivity (Wildman–Crippen MR) is 78.3 cm³/mol. The van der Waals surface area contributed by atoms with Gasteiger partial charge in [-0.3, -0.25) is 4.79 Å². The van der Waals surface area contributed by atoms with E-state index in [1.54, 1.807) is 33.8 Å². The molecule has 0 radical (unpaired) electrons. The normalized spacial score (nSPS) is 24.3. The zero-order valence-electron chi connectivity index (χ0n) is 12.8. The molecular weight excluding hydrogens is 270 g/mol. The molecule has 5 heteroatoms. The Kier molecular flexibility index (Phi) is 3.70. The summed E-state index contributed by atoms with van der Waals surface area (Å²) in [4.78, 5) is 23.7. The van der Waals surface area contributed by atoms with E-state index in [1.165, 1.54) is 0 Å². The number of nitrogens with one attached hydrogen (secondary N) is 1. The highest BCUT2D eigenvalue weighted by Crippen LogP contribution is 2.39. The number of hydrogen-bond donors (Lipinski definition) is 2. The molecule has 1 aromatic rings. The van der Waals surface area contributed by atoms with Crippen LogP contribution in [0.5, 0.6) is 0 Å². The molecule has 0 unspecified atom stereocenters. The quantitative estimate of drug-likeness (QED) is 0.877. The third-order valence-electron chi connectivity index (χ3n) is 3.83. The number of ether oxygens (including phenoxy) is 1. The standard InChI is InChI=1S/C16H21NO4/c1-15(2,3)21-14(20)17-12-9-10-7-5-6-8-11(10)16(12,4)13(18)19/h5-8,12H,9H2,1-4H3,(H,17,20)(H,18,19)/t12-,16-/m1/s1. The van der Waals surface area contributed by atoms with E-state index in [0.29, 0.717) is 6.42 Å². The van der Waals surface area contributed by atoms with Gasteiger partial charge in [0.1, 0.15) is 11.0 Å². The van der Waals surface area contributed by atoms with Gasteiger partial charge in [0.15, 0.2) is 0 Å². The highest BCUT2D eigenvalue weighted by molar-refractivity contribution is 5.85. The summed E-state index contributed by atoms with van der Waals surface area (Å²) in [5, 5.41) is 12.4. The van der Waals surface area contributed by atoms with E-state index in [-0.39, 0.29) is 0 Å². The molecule has 5 nitrogen and oxygen atoms in total. The van der Waals surface area contributed by atoms with Gasteiger partial charge in [-0.05, 0) is 45.2 Å². The third kappa shape index (κ3) is 2.86. The zero-order chi connectivity index (χ0) is 15.8. The van der Waals surface area contributed by atoms with Gasteiger partial charge in [-0.2, -0.15) is 0 Å². The lowest BCUT2D eigenvalue weighted by Gasteiger charge is -2.30. The molecular formula is C16H21NO4. The van der Waals surface area contributed by atoms with Crippen LogP contribution < -0.4 is 5.32 Å². The number of carbonyl (C=O) groups excluding carboxylic acids is 1. The van der Waals surface area contributed by atoms with Crippen molar-refractivity contribution in [3.05, 3.63) is 35.4 Å². The van der Waals surface area contributed by atoms with Crippen molar-refractivity contribution in [1.82, 2.24) is 5.32 Å². The van der Waals surface area contributed by atoms with E-state index in [4.69, 9.17) is 4.74 Å². The van der Waals surface area contributed by atoms with Gasteiger partial charge < -0.3 is 15.2 Å². The molecule has 0 heterocycles. The van der Waals surface area contributed by atoms with Crippen LogP contribution in [0.1, 0.15) is 38.8 Å². The molecule has 0 saturated heterocycles. The van der Waals surface area contributed by atoms with Gasteiger partial charge in [-0.15, -0.1) is 0 Å². The number of hydrogen-bond acceptors (Lipinski definition) is 3. The Morgan fingerprint density at radius 3 is 2.52 bits per heavy atom. The topological polar surface area (TPSA) is 75.6 Å². The summed E-state index contributed by atoms with van der Waals surface area (Å²) < 4.78 is 5.23. The molecule has 0 saturated carbocycles. The molecule has 114 valence electrons. The number of aliphatic carboxylic acids is 1. The SMILES string of the molecule is CC(C)(C)OC(=O)N[C@@H]1Cc2ccccc2[C@@]1(C)C(=O)O. The Morgan fingerprint density at radius 1 is 1.33 bits per heavy atom. The molecule has 0 bridgehead atoms. The van der Waals surface area contributed by atoms with Crippen LogP contribution >= 0.6 is 0 Å². The number of carboxylic acid groups (broad SMARTS) is 1. The summed E-state index contributed by atoms with van der Waals surface area (Å²) in [7, 11) is 0. The maximum Gasteiger partial charge on any atom is 0.407 e. The molecule has 1 aromatic carbocycles. The van der Waals surface area contributed by atoms with Crippen LogP contribution in [0.15, 0.2) is 24.3 Å². The first-order chi connectivity index (χ1) is 9.64. The highest BCUT2D eigenvalue weighted by Gasteiger charge is 2.50. The fraction of sp³-hybridized carbons (Fsp3) is 0.500. The van der Waals surface area contributed by atoms with Crippen molar-refractivity contribution in [2.45, 2.75) is 51.2 Å². The maximum atomic E-state index is 11.9. The Bertz CT molecular complexity index is 576. The average molecular weight is 291 g/mol. The van der Waals surface area contributed by atoms with E-state index >= 15 is 0 Å². The van der Waals surface area contributed by atoms with Crippen LogP contribution in [0.25, 0.3) is 0 Å². The van der Waals surface area contributed by atoms with Crippen molar-refractivity contribution in [3.63, 3.8) is 0 Å². The number of fused-ring (bicyclic) bond motifs is 1. The van der Waals surface area contributed by atoms with Gasteiger partial charge >= 0.3 is 12.1 Å². The second kappa shape index (κ2) is 5.06.